The molecule has 5 heteroatoms. The minimum atomic E-state index is -0.864. The van der Waals surface area contributed by atoms with E-state index in [0.717, 1.165) is 23.6 Å². The van der Waals surface area contributed by atoms with Crippen LogP contribution in [0.1, 0.15) is 20.3 Å². The molecule has 0 aliphatic rings. The maximum absolute atomic E-state index is 10.7. The fourth-order valence-electron chi connectivity index (χ4n) is 1.47. The fourth-order valence-corrected chi connectivity index (χ4v) is 2.28. The fraction of sp³-hybridized carbons (Fsp3) is 0.250. The molecule has 0 unspecified atom stereocenters. The molecule has 90 valence electrons. The number of aromatic carboxylic acids is 1. The first-order valence-electron chi connectivity index (χ1n) is 5.31. The molecule has 0 spiro atoms. The van der Waals surface area contributed by atoms with Crippen molar-refractivity contribution in [1.29, 1.82) is 0 Å². The molecule has 0 saturated carbocycles. The predicted molar refractivity (Wildman–Crippen MR) is 65.4 cm³/mol. The number of carbonyl (C=O) groups is 1. The van der Waals surface area contributed by atoms with Gasteiger partial charge in [-0.2, -0.15) is 0 Å². The predicted octanol–water partition coefficient (Wildman–Crippen LogP) is 2.37. The molecule has 0 atom stereocenters. The van der Waals surface area contributed by atoms with Gasteiger partial charge in [-0.1, -0.05) is 0 Å². The van der Waals surface area contributed by atoms with E-state index in [2.05, 4.69) is 5.32 Å². The van der Waals surface area contributed by atoms with E-state index >= 15 is 0 Å². The van der Waals surface area contributed by atoms with Crippen LogP contribution in [0.25, 0.3) is 0 Å². The molecule has 0 fully saturated rings. The maximum Gasteiger partial charge on any atom is 0.345 e. The first-order chi connectivity index (χ1) is 8.25. The van der Waals surface area contributed by atoms with Crippen LogP contribution in [0.2, 0.25) is 0 Å². The van der Waals surface area contributed by atoms with Gasteiger partial charge < -0.3 is 14.8 Å². The van der Waals surface area contributed by atoms with Crippen LogP contribution >= 0.6 is 11.3 Å². The van der Waals surface area contributed by atoms with Crippen LogP contribution in [-0.4, -0.2) is 17.6 Å². The molecule has 4 nitrogen and oxygen atoms in total. The summed E-state index contributed by atoms with van der Waals surface area (Å²) < 4.78 is 5.21. The maximum atomic E-state index is 10.7. The summed E-state index contributed by atoms with van der Waals surface area (Å²) in [5, 5.41) is 12.0. The van der Waals surface area contributed by atoms with Crippen molar-refractivity contribution in [3.05, 3.63) is 46.0 Å². The van der Waals surface area contributed by atoms with Gasteiger partial charge in [0.1, 0.15) is 10.6 Å². The molecule has 0 radical (unpaired) electrons. The highest BCUT2D eigenvalue weighted by Crippen LogP contribution is 2.15. The van der Waals surface area contributed by atoms with Gasteiger partial charge in [-0.05, 0) is 24.3 Å². The number of hydrogen-bond acceptors (Lipinski definition) is 4. The quantitative estimate of drug-likeness (QED) is 0.774. The van der Waals surface area contributed by atoms with Gasteiger partial charge in [0.2, 0.25) is 0 Å². The standard InChI is InChI=1S/C12H13NO3S/c14-12(15)11-4-3-10(17-11)8-13-6-5-9-2-1-7-16-9/h1-4,7,13H,5-6,8H2,(H,14,15). The van der Waals surface area contributed by atoms with Gasteiger partial charge in [-0.25, -0.2) is 4.79 Å². The van der Waals surface area contributed by atoms with Crippen molar-refractivity contribution >= 4 is 17.3 Å². The topological polar surface area (TPSA) is 62.5 Å². The van der Waals surface area contributed by atoms with E-state index in [1.54, 1.807) is 12.3 Å². The highest BCUT2D eigenvalue weighted by Gasteiger charge is 2.06. The molecule has 0 aromatic carbocycles. The Hall–Kier alpha value is -1.59. The van der Waals surface area contributed by atoms with Crippen LogP contribution in [0.15, 0.2) is 34.9 Å². The Kier molecular flexibility index (Phi) is 3.95. The van der Waals surface area contributed by atoms with Crippen LogP contribution in [0.4, 0.5) is 0 Å². The molecular formula is C12H13NO3S. The first kappa shape index (κ1) is 11.9. The second-order valence-electron chi connectivity index (χ2n) is 3.58. The van der Waals surface area contributed by atoms with Crippen LogP contribution in [0, 0.1) is 0 Å². The summed E-state index contributed by atoms with van der Waals surface area (Å²) in [6.45, 7) is 1.51. The van der Waals surface area contributed by atoms with Gasteiger partial charge in [0, 0.05) is 24.4 Å². The Morgan fingerprint density at radius 3 is 2.94 bits per heavy atom. The zero-order valence-electron chi connectivity index (χ0n) is 9.18. The molecular weight excluding hydrogens is 238 g/mol. The number of hydrogen-bond donors (Lipinski definition) is 2. The largest absolute Gasteiger partial charge is 0.477 e. The van der Waals surface area contributed by atoms with E-state index in [4.69, 9.17) is 9.52 Å². The SMILES string of the molecule is O=C(O)c1ccc(CNCCc2ccco2)s1. The Morgan fingerprint density at radius 1 is 1.41 bits per heavy atom. The number of thiophene rings is 1. The molecule has 0 amide bonds. The molecule has 0 saturated heterocycles. The minimum Gasteiger partial charge on any atom is -0.477 e. The van der Waals surface area contributed by atoms with E-state index in [9.17, 15) is 4.79 Å². The number of nitrogens with one attached hydrogen (secondary N) is 1. The highest BCUT2D eigenvalue weighted by atomic mass is 32.1. The summed E-state index contributed by atoms with van der Waals surface area (Å²) in [6.07, 6.45) is 2.50. The summed E-state index contributed by atoms with van der Waals surface area (Å²) in [4.78, 5) is 12.1. The summed E-state index contributed by atoms with van der Waals surface area (Å²) in [7, 11) is 0. The third kappa shape index (κ3) is 3.44. The van der Waals surface area contributed by atoms with E-state index < -0.39 is 5.97 Å². The lowest BCUT2D eigenvalue weighted by atomic mass is 10.3. The second-order valence-corrected chi connectivity index (χ2v) is 4.75. The Labute approximate surface area is 103 Å². The lowest BCUT2D eigenvalue weighted by molar-refractivity contribution is 0.0702. The number of rotatable bonds is 6. The summed E-state index contributed by atoms with van der Waals surface area (Å²) in [6, 6.07) is 7.29. The molecule has 2 N–H and O–H groups in total. The van der Waals surface area contributed by atoms with E-state index in [-0.39, 0.29) is 0 Å². The van der Waals surface area contributed by atoms with Gasteiger partial charge in [-0.3, -0.25) is 0 Å². The zero-order valence-corrected chi connectivity index (χ0v) is 10.00. The van der Waals surface area contributed by atoms with Crippen LogP contribution in [0.3, 0.4) is 0 Å². The third-order valence-electron chi connectivity index (χ3n) is 2.30. The van der Waals surface area contributed by atoms with E-state index in [0.29, 0.717) is 11.4 Å². The molecule has 2 rings (SSSR count). The van der Waals surface area contributed by atoms with Crippen LogP contribution < -0.4 is 5.32 Å². The summed E-state index contributed by atoms with van der Waals surface area (Å²) in [5.74, 6) is 0.0896. The number of furan rings is 1. The molecule has 0 bridgehead atoms. The van der Waals surface area contributed by atoms with Crippen molar-refractivity contribution in [3.8, 4) is 0 Å². The van der Waals surface area contributed by atoms with Crippen molar-refractivity contribution < 1.29 is 14.3 Å². The molecule has 2 heterocycles. The highest BCUT2D eigenvalue weighted by molar-refractivity contribution is 7.13. The number of carboxylic acids is 1. The molecule has 0 aliphatic carbocycles. The smallest absolute Gasteiger partial charge is 0.345 e. The summed E-state index contributed by atoms with van der Waals surface area (Å²) in [5.41, 5.74) is 0. The van der Waals surface area contributed by atoms with Crippen LogP contribution in [0.5, 0.6) is 0 Å². The minimum absolute atomic E-state index is 0.382. The second kappa shape index (κ2) is 5.65. The lowest BCUT2D eigenvalue weighted by Gasteiger charge is -2.00. The zero-order chi connectivity index (χ0) is 12.1. The Balaban J connectivity index is 1.72. The van der Waals surface area contributed by atoms with Crippen LogP contribution in [-0.2, 0) is 13.0 Å². The van der Waals surface area contributed by atoms with Gasteiger partial charge in [-0.15, -0.1) is 11.3 Å². The van der Waals surface area contributed by atoms with Crippen molar-refractivity contribution in [2.75, 3.05) is 6.54 Å². The average Bonchev–Trinajstić information content (AvgIpc) is 2.96. The number of carboxylic acid groups (broad SMARTS) is 1. The van der Waals surface area contributed by atoms with Crippen molar-refractivity contribution in [2.45, 2.75) is 13.0 Å². The van der Waals surface area contributed by atoms with Crippen molar-refractivity contribution in [1.82, 2.24) is 5.32 Å². The lowest BCUT2D eigenvalue weighted by Crippen LogP contribution is -2.15. The van der Waals surface area contributed by atoms with Crippen molar-refractivity contribution in [3.63, 3.8) is 0 Å². The van der Waals surface area contributed by atoms with Gasteiger partial charge in [0.25, 0.3) is 0 Å². The summed E-state index contributed by atoms with van der Waals surface area (Å²) >= 11 is 1.30. The third-order valence-corrected chi connectivity index (χ3v) is 3.37. The van der Waals surface area contributed by atoms with Gasteiger partial charge in [0.05, 0.1) is 6.26 Å². The first-order valence-corrected chi connectivity index (χ1v) is 6.12. The van der Waals surface area contributed by atoms with Gasteiger partial charge >= 0.3 is 5.97 Å². The Morgan fingerprint density at radius 2 is 2.29 bits per heavy atom. The van der Waals surface area contributed by atoms with E-state index in [1.165, 1.54) is 11.3 Å². The molecule has 2 aromatic heterocycles. The molecule has 0 aliphatic heterocycles. The van der Waals surface area contributed by atoms with Gasteiger partial charge in [0.15, 0.2) is 0 Å². The normalized spacial score (nSPS) is 10.6. The van der Waals surface area contributed by atoms with E-state index in [1.807, 2.05) is 18.2 Å². The Bertz CT molecular complexity index is 476. The monoisotopic (exact) mass is 251 g/mol. The molecule has 2 aromatic rings. The average molecular weight is 251 g/mol. The van der Waals surface area contributed by atoms with Crippen molar-refractivity contribution in [2.24, 2.45) is 0 Å². The molecule has 17 heavy (non-hydrogen) atoms.